The van der Waals surface area contributed by atoms with E-state index >= 15 is 0 Å². The van der Waals surface area contributed by atoms with Gasteiger partial charge in [0.15, 0.2) is 0 Å². The number of benzene rings is 3. The Hall–Kier alpha value is -3.51. The Labute approximate surface area is 175 Å². The number of aromatic nitrogens is 1. The Bertz CT molecular complexity index is 1330. The summed E-state index contributed by atoms with van der Waals surface area (Å²) in [5, 5.41) is 1.09. The quantitative estimate of drug-likeness (QED) is 0.508. The Balaban J connectivity index is 1.64. The van der Waals surface area contributed by atoms with Crippen LogP contribution >= 0.6 is 0 Å². The van der Waals surface area contributed by atoms with Crippen LogP contribution in [-0.4, -0.2) is 19.3 Å². The number of nitrogens with zero attached hydrogens (tertiary/aromatic N) is 1. The van der Waals surface area contributed by atoms with Crippen LogP contribution in [0.15, 0.2) is 89.8 Å². The molecule has 1 amide bonds. The molecule has 1 N–H and O–H groups in total. The lowest BCUT2D eigenvalue weighted by atomic mass is 10.0. The van der Waals surface area contributed by atoms with Gasteiger partial charge >= 0.3 is 0 Å². The number of amides is 1. The minimum atomic E-state index is -3.85. The predicted octanol–water partition coefficient (Wildman–Crippen LogP) is 4.78. The minimum absolute atomic E-state index is 0.0559. The Morgan fingerprint density at radius 2 is 1.57 bits per heavy atom. The van der Waals surface area contributed by atoms with Gasteiger partial charge in [0.2, 0.25) is 5.91 Å². The van der Waals surface area contributed by atoms with Gasteiger partial charge in [-0.05, 0) is 41.5 Å². The van der Waals surface area contributed by atoms with Gasteiger partial charge in [-0.25, -0.2) is 18.1 Å². The lowest BCUT2D eigenvalue weighted by molar-refractivity contribution is -0.119. The molecular formula is C24H20N2O3S. The highest BCUT2D eigenvalue weighted by atomic mass is 32.2. The summed E-state index contributed by atoms with van der Waals surface area (Å²) in [4.78, 5) is 16.2. The van der Waals surface area contributed by atoms with Gasteiger partial charge < -0.3 is 0 Å². The summed E-state index contributed by atoms with van der Waals surface area (Å²) in [5.41, 5.74) is 4.61. The highest BCUT2D eigenvalue weighted by Crippen LogP contribution is 2.27. The van der Waals surface area contributed by atoms with E-state index in [4.69, 9.17) is 4.98 Å². The third-order valence-corrected chi connectivity index (χ3v) is 6.21. The normalized spacial score (nSPS) is 11.4. The number of pyridine rings is 1. The predicted molar refractivity (Wildman–Crippen MR) is 118 cm³/mol. The molecule has 0 radical (unpaired) electrons. The van der Waals surface area contributed by atoms with Crippen LogP contribution in [-0.2, 0) is 14.8 Å². The van der Waals surface area contributed by atoms with Crippen LogP contribution in [0.25, 0.3) is 33.3 Å². The first-order valence-electron chi connectivity index (χ1n) is 9.58. The SMILES string of the molecule is CCC(=O)NS(=O)(=O)c1ccc(-c2cccc(-c3ccc4ccccc4n3)c2)cc1. The summed E-state index contributed by atoms with van der Waals surface area (Å²) >= 11 is 0. The monoisotopic (exact) mass is 416 g/mol. The van der Waals surface area contributed by atoms with Crippen molar-refractivity contribution in [3.8, 4) is 22.4 Å². The van der Waals surface area contributed by atoms with Gasteiger partial charge in [0.1, 0.15) is 0 Å². The Morgan fingerprint density at radius 1 is 0.833 bits per heavy atom. The summed E-state index contributed by atoms with van der Waals surface area (Å²) < 4.78 is 26.6. The molecule has 0 atom stereocenters. The standard InChI is InChI=1S/C24H20N2O3S/c1-2-24(27)26-30(28,29)21-13-10-17(11-14-21)19-7-5-8-20(16-19)23-15-12-18-6-3-4-9-22(18)25-23/h3-16H,2H2,1H3,(H,26,27). The van der Waals surface area contributed by atoms with Crippen molar-refractivity contribution in [2.75, 3.05) is 0 Å². The second-order valence-corrected chi connectivity index (χ2v) is 8.56. The second-order valence-electron chi connectivity index (χ2n) is 6.88. The van der Waals surface area contributed by atoms with Crippen LogP contribution < -0.4 is 4.72 Å². The summed E-state index contributed by atoms with van der Waals surface area (Å²) in [6.45, 7) is 1.60. The number of hydrogen-bond acceptors (Lipinski definition) is 4. The number of para-hydroxylation sites is 1. The molecule has 4 rings (SSSR count). The largest absolute Gasteiger partial charge is 0.274 e. The Kier molecular flexibility index (Phi) is 5.33. The van der Waals surface area contributed by atoms with Crippen molar-refractivity contribution in [3.63, 3.8) is 0 Å². The van der Waals surface area contributed by atoms with Crippen LogP contribution in [0.1, 0.15) is 13.3 Å². The molecule has 1 aromatic heterocycles. The van der Waals surface area contributed by atoms with E-state index in [0.29, 0.717) is 0 Å². The van der Waals surface area contributed by atoms with Crippen LogP contribution in [0.3, 0.4) is 0 Å². The molecule has 0 bridgehead atoms. The second kappa shape index (κ2) is 8.08. The number of carbonyl (C=O) groups excluding carboxylic acids is 1. The van der Waals surface area contributed by atoms with Gasteiger partial charge in [0.05, 0.1) is 16.1 Å². The molecule has 0 aliphatic carbocycles. The molecule has 0 saturated heterocycles. The van der Waals surface area contributed by atoms with Crippen molar-refractivity contribution >= 4 is 26.8 Å². The van der Waals surface area contributed by atoms with E-state index < -0.39 is 15.9 Å². The van der Waals surface area contributed by atoms with Crippen LogP contribution in [0.2, 0.25) is 0 Å². The van der Waals surface area contributed by atoms with Crippen molar-refractivity contribution in [3.05, 3.63) is 84.9 Å². The van der Waals surface area contributed by atoms with Crippen molar-refractivity contribution < 1.29 is 13.2 Å². The van der Waals surface area contributed by atoms with Gasteiger partial charge in [-0.1, -0.05) is 61.5 Å². The molecular weight excluding hydrogens is 396 g/mol. The number of hydrogen-bond donors (Lipinski definition) is 1. The summed E-state index contributed by atoms with van der Waals surface area (Å²) in [5.74, 6) is -0.533. The third kappa shape index (κ3) is 4.09. The van der Waals surface area contributed by atoms with Gasteiger partial charge in [-0.2, -0.15) is 0 Å². The van der Waals surface area contributed by atoms with Gasteiger partial charge in [0, 0.05) is 17.4 Å². The van der Waals surface area contributed by atoms with Gasteiger partial charge in [-0.15, -0.1) is 0 Å². The highest BCUT2D eigenvalue weighted by molar-refractivity contribution is 7.90. The molecule has 3 aromatic carbocycles. The number of sulfonamides is 1. The van der Waals surface area contributed by atoms with Crippen LogP contribution in [0, 0.1) is 0 Å². The zero-order chi connectivity index (χ0) is 21.1. The molecule has 0 fully saturated rings. The average Bonchev–Trinajstić information content (AvgIpc) is 2.78. The van der Waals surface area contributed by atoms with E-state index in [9.17, 15) is 13.2 Å². The molecule has 0 spiro atoms. The van der Waals surface area contributed by atoms with E-state index in [1.54, 1.807) is 19.1 Å². The molecule has 0 aliphatic rings. The van der Waals surface area contributed by atoms with E-state index in [2.05, 4.69) is 10.8 Å². The number of rotatable bonds is 5. The topological polar surface area (TPSA) is 76.1 Å². The number of nitrogens with one attached hydrogen (secondary N) is 1. The first-order chi connectivity index (χ1) is 14.5. The van der Waals surface area contributed by atoms with Gasteiger partial charge in [0.25, 0.3) is 10.0 Å². The van der Waals surface area contributed by atoms with E-state index in [-0.39, 0.29) is 11.3 Å². The van der Waals surface area contributed by atoms with Crippen LogP contribution in [0.4, 0.5) is 0 Å². The van der Waals surface area contributed by atoms with E-state index in [0.717, 1.165) is 33.3 Å². The van der Waals surface area contributed by atoms with Crippen molar-refractivity contribution in [2.45, 2.75) is 18.2 Å². The molecule has 30 heavy (non-hydrogen) atoms. The van der Waals surface area contributed by atoms with Crippen molar-refractivity contribution in [1.29, 1.82) is 0 Å². The fourth-order valence-corrected chi connectivity index (χ4v) is 4.25. The van der Waals surface area contributed by atoms with Crippen LogP contribution in [0.5, 0.6) is 0 Å². The first-order valence-corrected chi connectivity index (χ1v) is 11.1. The fraction of sp³-hybridized carbons (Fsp3) is 0.0833. The molecule has 150 valence electrons. The molecule has 6 heteroatoms. The highest BCUT2D eigenvalue weighted by Gasteiger charge is 2.16. The van der Waals surface area contributed by atoms with E-state index in [1.165, 1.54) is 12.1 Å². The Morgan fingerprint density at radius 3 is 2.33 bits per heavy atom. The summed E-state index contributed by atoms with van der Waals surface area (Å²) in [7, 11) is -3.85. The summed E-state index contributed by atoms with van der Waals surface area (Å²) in [6, 6.07) is 26.4. The van der Waals surface area contributed by atoms with Gasteiger partial charge in [-0.3, -0.25) is 4.79 Å². The van der Waals surface area contributed by atoms with E-state index in [1.807, 2.05) is 54.6 Å². The summed E-state index contributed by atoms with van der Waals surface area (Å²) in [6.07, 6.45) is 0.104. The molecule has 4 aromatic rings. The lowest BCUT2D eigenvalue weighted by Crippen LogP contribution is -2.29. The first kappa shape index (κ1) is 19.8. The smallest absolute Gasteiger partial charge is 0.264 e. The zero-order valence-corrected chi connectivity index (χ0v) is 17.2. The molecule has 5 nitrogen and oxygen atoms in total. The molecule has 0 saturated carbocycles. The third-order valence-electron chi connectivity index (χ3n) is 4.82. The van der Waals surface area contributed by atoms with Crippen molar-refractivity contribution in [1.82, 2.24) is 9.71 Å². The molecule has 0 aliphatic heterocycles. The maximum absolute atomic E-state index is 12.3. The molecule has 1 heterocycles. The number of carbonyl (C=O) groups is 1. The van der Waals surface area contributed by atoms with Crippen molar-refractivity contribution in [2.24, 2.45) is 0 Å². The zero-order valence-electron chi connectivity index (χ0n) is 16.4. The molecule has 0 unspecified atom stereocenters. The maximum atomic E-state index is 12.3. The lowest BCUT2D eigenvalue weighted by Gasteiger charge is -2.09. The maximum Gasteiger partial charge on any atom is 0.264 e. The minimum Gasteiger partial charge on any atom is -0.274 e. The fourth-order valence-electron chi connectivity index (χ4n) is 3.19. The average molecular weight is 417 g/mol. The number of fused-ring (bicyclic) bond motifs is 1.